The van der Waals surface area contributed by atoms with Crippen molar-refractivity contribution in [3.05, 3.63) is 24.3 Å². The summed E-state index contributed by atoms with van der Waals surface area (Å²) in [6.07, 6.45) is 1.72. The lowest BCUT2D eigenvalue weighted by Crippen LogP contribution is -2.23. The second-order valence-electron chi connectivity index (χ2n) is 3.09. The molecule has 3 heteroatoms. The summed E-state index contributed by atoms with van der Waals surface area (Å²) < 4.78 is 11.5. The number of hydrogen-bond donors (Lipinski definition) is 0. The fraction of sp³-hybridized carbons (Fsp3) is 0.455. The summed E-state index contributed by atoms with van der Waals surface area (Å²) in [5, 5.41) is 0. The van der Waals surface area contributed by atoms with Gasteiger partial charge >= 0.3 is 0 Å². The molecule has 0 heterocycles. The topological polar surface area (TPSA) is 26.3 Å². The van der Waals surface area contributed by atoms with Crippen LogP contribution in [0.4, 0.5) is 5.69 Å². The molecule has 1 aromatic rings. The van der Waals surface area contributed by atoms with Crippen molar-refractivity contribution in [2.75, 3.05) is 24.2 Å². The molecule has 0 spiro atoms. The van der Waals surface area contributed by atoms with Crippen LogP contribution in [0.5, 0.6) is 0 Å². The van der Waals surface area contributed by atoms with E-state index in [4.69, 9.17) is 0 Å². The van der Waals surface area contributed by atoms with E-state index in [-0.39, 0.29) is 0 Å². The van der Waals surface area contributed by atoms with Crippen molar-refractivity contribution in [3.8, 4) is 0 Å². The molecule has 0 N–H and O–H groups in total. The molecule has 1 rings (SSSR count). The summed E-state index contributed by atoms with van der Waals surface area (Å²) in [6.45, 7) is 6.12. The van der Waals surface area contributed by atoms with Crippen molar-refractivity contribution < 1.29 is 4.55 Å². The highest BCUT2D eigenvalue weighted by atomic mass is 32.2. The van der Waals surface area contributed by atoms with Gasteiger partial charge in [0.05, 0.1) is 5.69 Å². The first-order valence-electron chi connectivity index (χ1n) is 4.88. The summed E-state index contributed by atoms with van der Waals surface area (Å²) in [5.41, 5.74) is 1.10. The van der Waals surface area contributed by atoms with Crippen molar-refractivity contribution in [3.63, 3.8) is 0 Å². The second-order valence-corrected chi connectivity index (χ2v) is 4.44. The molecule has 0 saturated heterocycles. The first-order valence-corrected chi connectivity index (χ1v) is 6.43. The van der Waals surface area contributed by atoms with Gasteiger partial charge < -0.3 is 9.45 Å². The minimum atomic E-state index is -0.906. The van der Waals surface area contributed by atoms with Crippen LogP contribution in [0.25, 0.3) is 0 Å². The molecule has 0 aromatic heterocycles. The molecule has 1 aromatic carbocycles. The number of nitrogens with zero attached hydrogens (tertiary/aromatic N) is 1. The average Bonchev–Trinajstić information content (AvgIpc) is 2.20. The molecule has 14 heavy (non-hydrogen) atoms. The van der Waals surface area contributed by atoms with Crippen molar-refractivity contribution in [2.45, 2.75) is 18.7 Å². The van der Waals surface area contributed by atoms with E-state index in [1.807, 2.05) is 24.3 Å². The van der Waals surface area contributed by atoms with Crippen molar-refractivity contribution in [2.24, 2.45) is 0 Å². The molecule has 2 nitrogen and oxygen atoms in total. The van der Waals surface area contributed by atoms with Crippen LogP contribution in [0.15, 0.2) is 29.2 Å². The lowest BCUT2D eigenvalue weighted by molar-refractivity contribution is 0.600. The van der Waals surface area contributed by atoms with Crippen LogP contribution in [0, 0.1) is 0 Å². The minimum absolute atomic E-state index is 0.906. The van der Waals surface area contributed by atoms with Gasteiger partial charge in [-0.15, -0.1) is 0 Å². The van der Waals surface area contributed by atoms with Crippen LogP contribution >= 0.6 is 0 Å². The predicted octanol–water partition coefficient (Wildman–Crippen LogP) is 2.27. The highest BCUT2D eigenvalue weighted by Crippen LogP contribution is 2.24. The number of hydrogen-bond acceptors (Lipinski definition) is 2. The highest BCUT2D eigenvalue weighted by Gasteiger charge is 2.14. The standard InChI is InChI=1S/C11H17NOS/c1-4-12(5-2)10-8-6-7-9-11(10)14(3)13/h6-9H,4-5H2,1-3H3. The van der Waals surface area contributed by atoms with Gasteiger partial charge in [0.15, 0.2) is 4.90 Å². The highest BCUT2D eigenvalue weighted by molar-refractivity contribution is 7.90. The summed E-state index contributed by atoms with van der Waals surface area (Å²) >= 11 is -0.906. The zero-order valence-corrected chi connectivity index (χ0v) is 9.80. The molecular formula is C11H17NOS. The lowest BCUT2D eigenvalue weighted by atomic mass is 10.3. The smallest absolute Gasteiger partial charge is 0.175 e. The fourth-order valence-electron chi connectivity index (χ4n) is 1.53. The average molecular weight is 211 g/mol. The second kappa shape index (κ2) is 5.27. The number of anilines is 1. The Morgan fingerprint density at radius 3 is 2.29 bits per heavy atom. The third kappa shape index (κ3) is 2.42. The Kier molecular flexibility index (Phi) is 4.29. The molecule has 0 fully saturated rings. The van der Waals surface area contributed by atoms with Gasteiger partial charge in [0.25, 0.3) is 0 Å². The molecule has 1 unspecified atom stereocenters. The molecular weight excluding hydrogens is 194 g/mol. The molecule has 0 aliphatic rings. The minimum Gasteiger partial charge on any atom is -0.612 e. The number of benzene rings is 1. The van der Waals surface area contributed by atoms with Gasteiger partial charge in [0.2, 0.25) is 0 Å². The molecule has 0 bridgehead atoms. The van der Waals surface area contributed by atoms with E-state index in [0.717, 1.165) is 23.7 Å². The van der Waals surface area contributed by atoms with Crippen molar-refractivity contribution in [1.29, 1.82) is 0 Å². The molecule has 0 aliphatic heterocycles. The van der Waals surface area contributed by atoms with Crippen LogP contribution in [0.3, 0.4) is 0 Å². The van der Waals surface area contributed by atoms with Gasteiger partial charge in [-0.2, -0.15) is 0 Å². The molecule has 1 atom stereocenters. The quantitative estimate of drug-likeness (QED) is 0.714. The zero-order valence-electron chi connectivity index (χ0n) is 8.99. The maximum Gasteiger partial charge on any atom is 0.175 e. The van der Waals surface area contributed by atoms with Gasteiger partial charge in [-0.1, -0.05) is 12.1 Å². The van der Waals surface area contributed by atoms with Gasteiger partial charge in [-0.3, -0.25) is 0 Å². The van der Waals surface area contributed by atoms with Gasteiger partial charge in [-0.25, -0.2) is 0 Å². The maximum atomic E-state index is 11.5. The maximum absolute atomic E-state index is 11.5. The van der Waals surface area contributed by atoms with E-state index in [0.29, 0.717) is 0 Å². The molecule has 78 valence electrons. The largest absolute Gasteiger partial charge is 0.612 e. The van der Waals surface area contributed by atoms with Gasteiger partial charge in [0.1, 0.15) is 6.26 Å². The summed E-state index contributed by atoms with van der Waals surface area (Å²) in [6, 6.07) is 7.89. The van der Waals surface area contributed by atoms with Crippen LogP contribution in [-0.2, 0) is 11.2 Å². The zero-order chi connectivity index (χ0) is 10.6. The number of para-hydroxylation sites is 1. The van der Waals surface area contributed by atoms with Crippen molar-refractivity contribution in [1.82, 2.24) is 0 Å². The van der Waals surface area contributed by atoms with E-state index in [1.165, 1.54) is 0 Å². The molecule has 0 radical (unpaired) electrons. The Balaban J connectivity index is 3.05. The third-order valence-corrected chi connectivity index (χ3v) is 3.24. The fourth-order valence-corrected chi connectivity index (χ4v) is 2.29. The van der Waals surface area contributed by atoms with E-state index < -0.39 is 11.2 Å². The lowest BCUT2D eigenvalue weighted by Gasteiger charge is -2.23. The van der Waals surface area contributed by atoms with Crippen LogP contribution in [-0.4, -0.2) is 23.9 Å². The monoisotopic (exact) mass is 211 g/mol. The molecule has 0 aliphatic carbocycles. The molecule has 0 amide bonds. The predicted molar refractivity (Wildman–Crippen MR) is 62.3 cm³/mol. The Bertz CT molecular complexity index is 284. The van der Waals surface area contributed by atoms with Crippen LogP contribution in [0.1, 0.15) is 13.8 Å². The van der Waals surface area contributed by atoms with Crippen molar-refractivity contribution >= 4 is 16.9 Å². The first kappa shape index (κ1) is 11.4. The number of rotatable bonds is 4. The Morgan fingerprint density at radius 1 is 1.21 bits per heavy atom. The Hall–Kier alpha value is -0.670. The van der Waals surface area contributed by atoms with E-state index in [9.17, 15) is 4.55 Å². The summed E-state index contributed by atoms with van der Waals surface area (Å²) in [4.78, 5) is 3.15. The van der Waals surface area contributed by atoms with Gasteiger partial charge in [0, 0.05) is 13.1 Å². The van der Waals surface area contributed by atoms with Crippen LogP contribution < -0.4 is 4.90 Å². The van der Waals surface area contributed by atoms with Crippen LogP contribution in [0.2, 0.25) is 0 Å². The Labute approximate surface area is 89.1 Å². The third-order valence-electron chi connectivity index (χ3n) is 2.28. The summed E-state index contributed by atoms with van der Waals surface area (Å²) in [7, 11) is 0. The summed E-state index contributed by atoms with van der Waals surface area (Å²) in [5.74, 6) is 0. The van der Waals surface area contributed by atoms with E-state index in [2.05, 4.69) is 18.7 Å². The molecule has 0 saturated carbocycles. The van der Waals surface area contributed by atoms with E-state index in [1.54, 1.807) is 6.26 Å². The Morgan fingerprint density at radius 2 is 1.79 bits per heavy atom. The van der Waals surface area contributed by atoms with E-state index >= 15 is 0 Å². The normalized spacial score (nSPS) is 12.6. The van der Waals surface area contributed by atoms with Gasteiger partial charge in [-0.05, 0) is 37.2 Å². The SMILES string of the molecule is CCN(CC)c1ccccc1[S+](C)[O-]. The first-order chi connectivity index (χ1) is 6.70.